The third-order valence-electron chi connectivity index (χ3n) is 5.55. The second kappa shape index (κ2) is 8.69. The van der Waals surface area contributed by atoms with Crippen molar-refractivity contribution in [1.82, 2.24) is 0 Å². The quantitative estimate of drug-likeness (QED) is 0.670. The van der Waals surface area contributed by atoms with E-state index in [1.807, 2.05) is 39.0 Å². The van der Waals surface area contributed by atoms with Crippen molar-refractivity contribution in [2.45, 2.75) is 47.6 Å². The van der Waals surface area contributed by atoms with Crippen LogP contribution in [0.3, 0.4) is 0 Å². The summed E-state index contributed by atoms with van der Waals surface area (Å²) in [6.07, 6.45) is 0. The fourth-order valence-electron chi connectivity index (χ4n) is 4.01. The molecule has 1 aliphatic heterocycles. The molecule has 0 fully saturated rings. The highest BCUT2D eigenvalue weighted by Gasteiger charge is 2.47. The third kappa shape index (κ3) is 4.09. The number of carbonyl (C=O) groups excluding carboxylic acids is 2. The van der Waals surface area contributed by atoms with Crippen molar-refractivity contribution < 1.29 is 24.2 Å². The molecule has 1 heterocycles. The molecule has 0 aliphatic carbocycles. The van der Waals surface area contributed by atoms with Crippen LogP contribution in [0.25, 0.3) is 0 Å². The molecule has 0 spiro atoms. The Balaban J connectivity index is 2.26. The molecule has 2 aromatic rings. The predicted molar refractivity (Wildman–Crippen MR) is 124 cm³/mol. The number of ketones is 1. The summed E-state index contributed by atoms with van der Waals surface area (Å²) in [4.78, 5) is 28.2. The lowest BCUT2D eigenvalue weighted by atomic mass is 9.82. The maximum atomic E-state index is 13.4. The standard InChI is InChI=1S/C26H31NO5/c1-8-32-20-14-17(10-12-19(20)31-7)22-21(24(29)26(4,5)6)23(28)25(30)27(22)18-11-9-15(2)13-16(18)3/h9-14,22,28H,8H2,1-7H3. The normalized spacial score (nSPS) is 16.5. The first kappa shape index (κ1) is 23.4. The van der Waals surface area contributed by atoms with Gasteiger partial charge in [0.25, 0.3) is 5.91 Å². The van der Waals surface area contributed by atoms with Gasteiger partial charge in [0.05, 0.1) is 25.3 Å². The average Bonchev–Trinajstić information content (AvgIpc) is 2.98. The van der Waals surface area contributed by atoms with Crippen LogP contribution in [0.15, 0.2) is 47.7 Å². The second-order valence-electron chi connectivity index (χ2n) is 9.05. The minimum Gasteiger partial charge on any atom is -0.503 e. The van der Waals surface area contributed by atoms with Crippen LogP contribution in [0.1, 0.15) is 50.4 Å². The number of aryl methyl sites for hydroxylation is 2. The van der Waals surface area contributed by atoms with Gasteiger partial charge < -0.3 is 14.6 Å². The first-order valence-corrected chi connectivity index (χ1v) is 10.7. The van der Waals surface area contributed by atoms with Gasteiger partial charge in [0.1, 0.15) is 0 Å². The van der Waals surface area contributed by atoms with E-state index in [0.29, 0.717) is 29.4 Å². The Morgan fingerprint density at radius 3 is 2.34 bits per heavy atom. The van der Waals surface area contributed by atoms with Crippen LogP contribution >= 0.6 is 0 Å². The average molecular weight is 438 g/mol. The van der Waals surface area contributed by atoms with Crippen LogP contribution in [0.4, 0.5) is 5.69 Å². The van der Waals surface area contributed by atoms with E-state index in [1.54, 1.807) is 46.1 Å². The highest BCUT2D eigenvalue weighted by molar-refractivity contribution is 6.17. The number of anilines is 1. The lowest BCUT2D eigenvalue weighted by molar-refractivity contribution is -0.123. The molecule has 0 aromatic heterocycles. The molecule has 0 saturated heterocycles. The number of Topliss-reactive ketones (excluding diaryl/α,β-unsaturated/α-hetero) is 1. The van der Waals surface area contributed by atoms with E-state index in [2.05, 4.69) is 0 Å². The number of aliphatic hydroxyl groups excluding tert-OH is 1. The highest BCUT2D eigenvalue weighted by Crippen LogP contribution is 2.45. The summed E-state index contributed by atoms with van der Waals surface area (Å²) < 4.78 is 11.1. The molecule has 1 N–H and O–H groups in total. The number of hydrogen-bond acceptors (Lipinski definition) is 5. The summed E-state index contributed by atoms with van der Waals surface area (Å²) in [5.74, 6) is -0.328. The predicted octanol–water partition coefficient (Wildman–Crippen LogP) is 5.23. The van der Waals surface area contributed by atoms with Crippen LogP contribution in [0.5, 0.6) is 11.5 Å². The Bertz CT molecular complexity index is 1090. The largest absolute Gasteiger partial charge is 0.503 e. The molecular weight excluding hydrogens is 406 g/mol. The highest BCUT2D eigenvalue weighted by atomic mass is 16.5. The molecule has 6 nitrogen and oxygen atoms in total. The van der Waals surface area contributed by atoms with Gasteiger partial charge in [0.15, 0.2) is 23.0 Å². The van der Waals surface area contributed by atoms with Crippen molar-refractivity contribution >= 4 is 17.4 Å². The summed E-state index contributed by atoms with van der Waals surface area (Å²) in [6, 6.07) is 10.3. The number of ether oxygens (including phenoxy) is 2. The number of nitrogens with zero attached hydrogens (tertiary/aromatic N) is 1. The Kier molecular flexibility index (Phi) is 6.35. The molecular formula is C26H31NO5. The van der Waals surface area contributed by atoms with E-state index >= 15 is 0 Å². The van der Waals surface area contributed by atoms with E-state index in [4.69, 9.17) is 9.47 Å². The van der Waals surface area contributed by atoms with Gasteiger partial charge in [0, 0.05) is 11.1 Å². The zero-order valence-corrected chi connectivity index (χ0v) is 19.8. The zero-order valence-electron chi connectivity index (χ0n) is 19.8. The van der Waals surface area contributed by atoms with Crippen molar-refractivity contribution in [2.24, 2.45) is 5.41 Å². The van der Waals surface area contributed by atoms with Gasteiger partial charge in [-0.1, -0.05) is 44.5 Å². The molecule has 2 aromatic carbocycles. The van der Waals surface area contributed by atoms with E-state index in [9.17, 15) is 14.7 Å². The minimum absolute atomic E-state index is 0.0927. The molecule has 32 heavy (non-hydrogen) atoms. The van der Waals surface area contributed by atoms with Gasteiger partial charge in [-0.2, -0.15) is 0 Å². The van der Waals surface area contributed by atoms with Gasteiger partial charge in [0.2, 0.25) is 0 Å². The number of hydrogen-bond donors (Lipinski definition) is 1. The number of amides is 1. The number of aliphatic hydroxyl groups is 1. The van der Waals surface area contributed by atoms with Crippen molar-refractivity contribution in [1.29, 1.82) is 0 Å². The molecule has 6 heteroatoms. The van der Waals surface area contributed by atoms with Crippen molar-refractivity contribution in [3.8, 4) is 11.5 Å². The maximum absolute atomic E-state index is 13.4. The molecule has 0 radical (unpaired) electrons. The Hall–Kier alpha value is -3.28. The Morgan fingerprint density at radius 1 is 1.09 bits per heavy atom. The third-order valence-corrected chi connectivity index (χ3v) is 5.55. The molecule has 0 bridgehead atoms. The van der Waals surface area contributed by atoms with E-state index in [1.165, 1.54) is 4.90 Å². The van der Waals surface area contributed by atoms with Crippen molar-refractivity contribution in [2.75, 3.05) is 18.6 Å². The number of methoxy groups -OCH3 is 1. The molecule has 3 rings (SSSR count). The number of carbonyl (C=O) groups is 2. The van der Waals surface area contributed by atoms with Crippen molar-refractivity contribution in [3.63, 3.8) is 0 Å². The van der Waals surface area contributed by atoms with Crippen molar-refractivity contribution in [3.05, 3.63) is 64.4 Å². The van der Waals surface area contributed by atoms with Crippen LogP contribution in [-0.2, 0) is 9.59 Å². The summed E-state index contributed by atoms with van der Waals surface area (Å²) in [6.45, 7) is 11.5. The van der Waals surface area contributed by atoms with E-state index in [0.717, 1.165) is 11.1 Å². The van der Waals surface area contributed by atoms with Gasteiger partial charge in [-0.25, -0.2) is 0 Å². The van der Waals surface area contributed by atoms with Gasteiger partial charge in [-0.3, -0.25) is 14.5 Å². The number of benzene rings is 2. The topological polar surface area (TPSA) is 76.1 Å². The van der Waals surface area contributed by atoms with Gasteiger partial charge in [-0.15, -0.1) is 0 Å². The molecule has 1 amide bonds. The van der Waals surface area contributed by atoms with E-state index in [-0.39, 0.29) is 11.4 Å². The number of rotatable bonds is 6. The second-order valence-corrected chi connectivity index (χ2v) is 9.05. The van der Waals surface area contributed by atoms with Gasteiger partial charge in [-0.05, 0) is 50.1 Å². The summed E-state index contributed by atoms with van der Waals surface area (Å²) in [5, 5.41) is 10.9. The first-order valence-electron chi connectivity index (χ1n) is 10.7. The summed E-state index contributed by atoms with van der Waals surface area (Å²) in [7, 11) is 1.55. The summed E-state index contributed by atoms with van der Waals surface area (Å²) >= 11 is 0. The molecule has 1 atom stereocenters. The molecule has 1 aliphatic rings. The van der Waals surface area contributed by atoms with E-state index < -0.39 is 23.1 Å². The van der Waals surface area contributed by atoms with Crippen LogP contribution in [0, 0.1) is 19.3 Å². The Labute approximate surface area is 189 Å². The maximum Gasteiger partial charge on any atom is 0.294 e. The SMILES string of the molecule is CCOc1cc(C2C(C(=O)C(C)(C)C)=C(O)C(=O)N2c2ccc(C)cc2C)ccc1OC. The lowest BCUT2D eigenvalue weighted by Crippen LogP contribution is -2.33. The molecule has 170 valence electrons. The Morgan fingerprint density at radius 2 is 1.78 bits per heavy atom. The van der Waals surface area contributed by atoms with Crippen LogP contribution in [-0.4, -0.2) is 30.5 Å². The lowest BCUT2D eigenvalue weighted by Gasteiger charge is -2.30. The summed E-state index contributed by atoms with van der Waals surface area (Å²) in [5.41, 5.74) is 2.53. The van der Waals surface area contributed by atoms with Crippen LogP contribution in [0.2, 0.25) is 0 Å². The fraction of sp³-hybridized carbons (Fsp3) is 0.385. The molecule has 1 unspecified atom stereocenters. The molecule has 0 saturated carbocycles. The minimum atomic E-state index is -0.791. The fourth-order valence-corrected chi connectivity index (χ4v) is 4.01. The van der Waals surface area contributed by atoms with Crippen LogP contribution < -0.4 is 14.4 Å². The zero-order chi connectivity index (χ0) is 23.8. The monoisotopic (exact) mass is 437 g/mol. The smallest absolute Gasteiger partial charge is 0.294 e. The first-order chi connectivity index (χ1) is 15.0. The van der Waals surface area contributed by atoms with Gasteiger partial charge >= 0.3 is 0 Å².